The second-order valence-corrected chi connectivity index (χ2v) is 13.8. The van der Waals surface area contributed by atoms with Crippen LogP contribution in [0.2, 0.25) is 0 Å². The van der Waals surface area contributed by atoms with Crippen molar-refractivity contribution in [1.29, 1.82) is 0 Å². The summed E-state index contributed by atoms with van der Waals surface area (Å²) in [6.45, 7) is 7.40. The van der Waals surface area contributed by atoms with Gasteiger partial charge in [-0.1, -0.05) is 140 Å². The third-order valence-electron chi connectivity index (χ3n) is 8.91. The minimum atomic E-state index is 0.315. The van der Waals surface area contributed by atoms with Gasteiger partial charge in [0.15, 0.2) is 0 Å². The van der Waals surface area contributed by atoms with E-state index in [0.717, 1.165) is 32.6 Å². The lowest BCUT2D eigenvalue weighted by atomic mass is 10.1. The Morgan fingerprint density at radius 2 is 0.756 bits per heavy atom. The monoisotopic (exact) mass is 628 g/mol. The average molecular weight is 628 g/mol. The van der Waals surface area contributed by atoms with Gasteiger partial charge in [-0.05, 0) is 91.1 Å². The van der Waals surface area contributed by atoms with Crippen molar-refractivity contribution in [2.24, 2.45) is 5.92 Å². The van der Waals surface area contributed by atoms with Crippen LogP contribution in [0.4, 0.5) is 0 Å². The second kappa shape index (κ2) is 32.8. The molecule has 0 bridgehead atoms. The fourth-order valence-corrected chi connectivity index (χ4v) is 6.00. The second-order valence-electron chi connectivity index (χ2n) is 13.8. The van der Waals surface area contributed by atoms with Crippen LogP contribution in [0.3, 0.4) is 0 Å². The zero-order valence-corrected chi connectivity index (χ0v) is 30.7. The van der Waals surface area contributed by atoms with Crippen molar-refractivity contribution in [2.75, 3.05) is 33.9 Å². The topological polar surface area (TPSA) is 21.7 Å². The lowest BCUT2D eigenvalue weighted by Gasteiger charge is -2.08. The number of unbranched alkanes of at least 4 members (excludes halogenated alkanes) is 18. The van der Waals surface area contributed by atoms with Gasteiger partial charge in [-0.25, -0.2) is 0 Å². The van der Waals surface area contributed by atoms with Crippen molar-refractivity contribution in [3.63, 3.8) is 0 Å². The molecule has 0 aliphatic heterocycles. The van der Waals surface area contributed by atoms with Gasteiger partial charge in [-0.2, -0.15) is 0 Å². The predicted molar refractivity (Wildman–Crippen MR) is 200 cm³/mol. The molecule has 1 aliphatic carbocycles. The lowest BCUT2D eigenvalue weighted by molar-refractivity contribution is 0.0401. The Bertz CT molecular complexity index is 668. The van der Waals surface area contributed by atoms with Crippen molar-refractivity contribution < 1.29 is 9.47 Å². The van der Waals surface area contributed by atoms with E-state index in [9.17, 15) is 0 Å². The molecular formula is C42H77NO2. The molecule has 0 aromatic carbocycles. The van der Waals surface area contributed by atoms with Gasteiger partial charge in [-0.15, -0.1) is 0 Å². The van der Waals surface area contributed by atoms with Crippen LogP contribution in [0, 0.1) is 5.92 Å². The van der Waals surface area contributed by atoms with E-state index in [1.807, 2.05) is 0 Å². The van der Waals surface area contributed by atoms with Crippen molar-refractivity contribution >= 4 is 0 Å². The van der Waals surface area contributed by atoms with Crippen LogP contribution in [-0.4, -0.2) is 51.0 Å². The molecule has 0 aromatic heterocycles. The summed E-state index contributed by atoms with van der Waals surface area (Å²) in [5, 5.41) is 0. The Balaban J connectivity index is 1.94. The first-order valence-corrected chi connectivity index (χ1v) is 19.7. The summed E-state index contributed by atoms with van der Waals surface area (Å²) in [6, 6.07) is 0. The van der Waals surface area contributed by atoms with Gasteiger partial charge in [0, 0.05) is 25.7 Å². The van der Waals surface area contributed by atoms with E-state index in [1.165, 1.54) is 141 Å². The smallest absolute Gasteiger partial charge is 0.0907 e. The summed E-state index contributed by atoms with van der Waals surface area (Å²) in [4.78, 5) is 2.28. The molecule has 1 saturated carbocycles. The maximum atomic E-state index is 6.31. The van der Waals surface area contributed by atoms with Gasteiger partial charge in [0.2, 0.25) is 0 Å². The van der Waals surface area contributed by atoms with E-state index < -0.39 is 0 Å². The highest BCUT2D eigenvalue weighted by molar-refractivity contribution is 5.02. The van der Waals surface area contributed by atoms with Crippen LogP contribution in [0.15, 0.2) is 48.6 Å². The molecule has 1 fully saturated rings. The molecule has 45 heavy (non-hydrogen) atoms. The third kappa shape index (κ3) is 27.6. The van der Waals surface area contributed by atoms with Gasteiger partial charge in [0.25, 0.3) is 0 Å². The Morgan fingerprint density at radius 3 is 1.11 bits per heavy atom. The van der Waals surface area contributed by atoms with Crippen LogP contribution in [0.5, 0.6) is 0 Å². The van der Waals surface area contributed by atoms with E-state index in [2.05, 4.69) is 81.5 Å². The molecule has 262 valence electrons. The minimum Gasteiger partial charge on any atom is -0.375 e. The zero-order chi connectivity index (χ0) is 32.5. The molecule has 1 rings (SSSR count). The minimum absolute atomic E-state index is 0.315. The van der Waals surface area contributed by atoms with Crippen LogP contribution in [0.25, 0.3) is 0 Å². The number of hydrogen-bond donors (Lipinski definition) is 0. The maximum Gasteiger partial charge on any atom is 0.0907 e. The van der Waals surface area contributed by atoms with Gasteiger partial charge in [0.1, 0.15) is 0 Å². The fraction of sp³-hybridized carbons (Fsp3) is 0.810. The van der Waals surface area contributed by atoms with Crippen LogP contribution >= 0.6 is 0 Å². The molecule has 0 amide bonds. The summed E-state index contributed by atoms with van der Waals surface area (Å²) in [5.41, 5.74) is 0. The highest BCUT2D eigenvalue weighted by Crippen LogP contribution is 2.38. The molecule has 3 nitrogen and oxygen atoms in total. The average Bonchev–Trinajstić information content (AvgIpc) is 3.68. The Labute approximate surface area is 282 Å². The summed E-state index contributed by atoms with van der Waals surface area (Å²) >= 11 is 0. The summed E-state index contributed by atoms with van der Waals surface area (Å²) < 4.78 is 12.6. The Hall–Kier alpha value is -1.16. The zero-order valence-electron chi connectivity index (χ0n) is 30.7. The first-order valence-electron chi connectivity index (χ1n) is 19.7. The first-order chi connectivity index (χ1) is 22.2. The quantitative estimate of drug-likeness (QED) is 0.0523. The normalized spacial score (nSPS) is 18.6. The predicted octanol–water partition coefficient (Wildman–Crippen LogP) is 12.6. The molecule has 0 aromatic rings. The molecule has 1 unspecified atom stereocenters. The number of allylic oxidation sites excluding steroid dienone is 8. The van der Waals surface area contributed by atoms with Crippen molar-refractivity contribution in [3.05, 3.63) is 48.6 Å². The highest BCUT2D eigenvalue weighted by atomic mass is 16.6. The summed E-state index contributed by atoms with van der Waals surface area (Å²) in [7, 11) is 4.33. The van der Waals surface area contributed by atoms with Gasteiger partial charge >= 0.3 is 0 Å². The van der Waals surface area contributed by atoms with Crippen LogP contribution in [0.1, 0.15) is 168 Å². The van der Waals surface area contributed by atoms with E-state index in [4.69, 9.17) is 9.47 Å². The first kappa shape index (κ1) is 41.9. The largest absolute Gasteiger partial charge is 0.375 e. The Kier molecular flexibility index (Phi) is 30.5. The number of rotatable bonds is 34. The van der Waals surface area contributed by atoms with Gasteiger partial charge in [-0.3, -0.25) is 0 Å². The number of hydrogen-bond acceptors (Lipinski definition) is 3. The summed E-state index contributed by atoms with van der Waals surface area (Å²) in [6.07, 6.45) is 50.3. The SMILES string of the molecule is CCCCC/C=C\C/C=C\CCCCCCCCOC1[C@@H](CN(C)C)[C@H]1OCCCCCCCC/C=C\C/C=C\CCCCC. The van der Waals surface area contributed by atoms with E-state index >= 15 is 0 Å². The Morgan fingerprint density at radius 1 is 0.422 bits per heavy atom. The van der Waals surface area contributed by atoms with E-state index in [-0.39, 0.29) is 0 Å². The van der Waals surface area contributed by atoms with E-state index in [1.54, 1.807) is 0 Å². The third-order valence-corrected chi connectivity index (χ3v) is 8.91. The number of nitrogens with zero attached hydrogens (tertiary/aromatic N) is 1. The molecule has 3 atom stereocenters. The molecule has 0 spiro atoms. The molecule has 3 heteroatoms. The van der Waals surface area contributed by atoms with Gasteiger partial charge in [0.05, 0.1) is 12.2 Å². The van der Waals surface area contributed by atoms with Crippen molar-refractivity contribution in [3.8, 4) is 0 Å². The van der Waals surface area contributed by atoms with Crippen molar-refractivity contribution in [2.45, 2.75) is 180 Å². The van der Waals surface area contributed by atoms with Gasteiger partial charge < -0.3 is 14.4 Å². The molecule has 0 saturated heterocycles. The van der Waals surface area contributed by atoms with Crippen LogP contribution < -0.4 is 0 Å². The highest BCUT2D eigenvalue weighted by Gasteiger charge is 2.52. The fourth-order valence-electron chi connectivity index (χ4n) is 6.00. The number of ether oxygens (including phenoxy) is 2. The maximum absolute atomic E-state index is 6.31. The van der Waals surface area contributed by atoms with Crippen molar-refractivity contribution in [1.82, 2.24) is 4.90 Å². The lowest BCUT2D eigenvalue weighted by Crippen LogP contribution is -2.17. The molecule has 0 heterocycles. The van der Waals surface area contributed by atoms with Crippen LogP contribution in [-0.2, 0) is 9.47 Å². The summed E-state index contributed by atoms with van der Waals surface area (Å²) in [5.74, 6) is 0.550. The molecular weight excluding hydrogens is 550 g/mol. The molecule has 0 N–H and O–H groups in total. The standard InChI is InChI=1S/C42H77NO2/c1-5-7-9-11-13-15-17-19-21-23-25-27-29-31-33-35-37-44-41-40(39-43(3)4)42(41)45-38-36-34-32-30-28-26-24-22-20-18-16-14-12-10-8-6-2/h13-16,19-22,40-42H,5-12,17-18,23-39H2,1-4H3/b15-13-,16-14-,21-19-,22-20-/t40-,41+,42?/m0/s1. The molecule has 1 aliphatic rings. The molecule has 0 radical (unpaired) electrons. The van der Waals surface area contributed by atoms with E-state index in [0.29, 0.717) is 18.1 Å².